The maximum atomic E-state index is 12.4. The molecule has 0 unspecified atom stereocenters. The molecule has 0 amide bonds. The number of halogens is 1. The van der Waals surface area contributed by atoms with Gasteiger partial charge in [-0.1, -0.05) is 0 Å². The molecule has 4 rings (SSSR count). The van der Waals surface area contributed by atoms with E-state index in [-0.39, 0.29) is 5.97 Å². The molecule has 0 saturated carbocycles. The van der Waals surface area contributed by atoms with E-state index in [4.69, 9.17) is 4.74 Å². The third-order valence-corrected chi connectivity index (χ3v) is 15.9. The standard InChI is InChI=1S/C28H26BrO2P/c29-32(25-16-7-2-8-17-25,26-18-9-3-10-19-26,27-20-11-4-12-21-27)23-13-22-31-28(30)24-14-5-1-6-15-24/h1-12,14-21H,13,22-23H2. The van der Waals surface area contributed by atoms with Crippen molar-refractivity contribution >= 4 is 42.7 Å². The quantitative estimate of drug-likeness (QED) is 0.165. The third-order valence-electron chi connectivity index (χ3n) is 5.85. The first-order chi connectivity index (χ1) is 15.6. The SMILES string of the molecule is O=C(OCCCP(Br)(c1ccccc1)(c1ccccc1)c1ccccc1)c1ccccc1. The van der Waals surface area contributed by atoms with Crippen LogP contribution in [-0.2, 0) is 4.74 Å². The van der Waals surface area contributed by atoms with Crippen LogP contribution in [0.15, 0.2) is 121 Å². The van der Waals surface area contributed by atoms with Crippen molar-refractivity contribution in [2.24, 2.45) is 0 Å². The van der Waals surface area contributed by atoms with E-state index >= 15 is 0 Å². The Morgan fingerprint density at radius 1 is 0.625 bits per heavy atom. The minimum atomic E-state index is -2.97. The van der Waals surface area contributed by atoms with Crippen LogP contribution in [0.25, 0.3) is 0 Å². The van der Waals surface area contributed by atoms with Crippen LogP contribution in [0.1, 0.15) is 16.8 Å². The van der Waals surface area contributed by atoms with E-state index in [1.165, 1.54) is 15.9 Å². The molecule has 0 radical (unpaired) electrons. The summed E-state index contributed by atoms with van der Waals surface area (Å²) in [5.41, 5.74) is 0.581. The van der Waals surface area contributed by atoms with Crippen LogP contribution in [-0.4, -0.2) is 18.7 Å². The van der Waals surface area contributed by atoms with Crippen LogP contribution < -0.4 is 15.9 Å². The normalized spacial score (nSPS) is 12.5. The molecular weight excluding hydrogens is 479 g/mol. The summed E-state index contributed by atoms with van der Waals surface area (Å²) >= 11 is 4.42. The van der Waals surface area contributed by atoms with Gasteiger partial charge in [-0.3, -0.25) is 0 Å². The fourth-order valence-electron chi connectivity index (χ4n) is 4.23. The Labute approximate surface area is 197 Å². The molecule has 162 valence electrons. The second kappa shape index (κ2) is 9.81. The number of benzene rings is 4. The molecule has 0 aliphatic heterocycles. The second-order valence-corrected chi connectivity index (χ2v) is 16.8. The summed E-state index contributed by atoms with van der Waals surface area (Å²) in [7, 11) is 0. The fourth-order valence-corrected chi connectivity index (χ4v) is 11.9. The van der Waals surface area contributed by atoms with Crippen LogP contribution in [0.4, 0.5) is 0 Å². The van der Waals surface area contributed by atoms with E-state index in [2.05, 4.69) is 106 Å². The number of hydrogen-bond acceptors (Lipinski definition) is 2. The number of rotatable bonds is 8. The summed E-state index contributed by atoms with van der Waals surface area (Å²) in [5.74, 6) is -0.278. The van der Waals surface area contributed by atoms with E-state index in [0.717, 1.165) is 12.6 Å². The predicted molar refractivity (Wildman–Crippen MR) is 140 cm³/mol. The van der Waals surface area contributed by atoms with E-state index in [1.54, 1.807) is 12.1 Å². The minimum absolute atomic E-state index is 0.278. The van der Waals surface area contributed by atoms with Gasteiger partial charge in [0.1, 0.15) is 0 Å². The molecule has 0 heterocycles. The molecule has 2 nitrogen and oxygen atoms in total. The number of carbonyl (C=O) groups excluding carboxylic acids is 1. The molecule has 0 bridgehead atoms. The fraction of sp³-hybridized carbons (Fsp3) is 0.107. The van der Waals surface area contributed by atoms with Crippen molar-refractivity contribution in [1.82, 2.24) is 0 Å². The zero-order chi connectivity index (χ0) is 22.3. The van der Waals surface area contributed by atoms with Gasteiger partial charge in [-0.15, -0.1) is 0 Å². The monoisotopic (exact) mass is 504 g/mol. The van der Waals surface area contributed by atoms with E-state index < -0.39 is 5.31 Å². The first kappa shape index (κ1) is 22.5. The molecule has 0 spiro atoms. The van der Waals surface area contributed by atoms with Crippen molar-refractivity contribution in [3.8, 4) is 0 Å². The van der Waals surface area contributed by atoms with Crippen molar-refractivity contribution in [2.75, 3.05) is 12.8 Å². The Hall–Kier alpha value is -2.74. The van der Waals surface area contributed by atoms with Gasteiger partial charge in [0, 0.05) is 0 Å². The van der Waals surface area contributed by atoms with Gasteiger partial charge in [-0.05, 0) is 0 Å². The zero-order valence-corrected chi connectivity index (χ0v) is 20.3. The molecule has 0 saturated heterocycles. The molecule has 32 heavy (non-hydrogen) atoms. The van der Waals surface area contributed by atoms with Gasteiger partial charge in [0.05, 0.1) is 0 Å². The Bertz CT molecular complexity index is 1050. The van der Waals surface area contributed by atoms with Gasteiger partial charge in [0.25, 0.3) is 0 Å². The maximum absolute atomic E-state index is 12.4. The van der Waals surface area contributed by atoms with Crippen molar-refractivity contribution in [2.45, 2.75) is 6.42 Å². The predicted octanol–water partition coefficient (Wildman–Crippen LogP) is 6.07. The Morgan fingerprint density at radius 2 is 1.00 bits per heavy atom. The van der Waals surface area contributed by atoms with Gasteiger partial charge in [0.15, 0.2) is 0 Å². The topological polar surface area (TPSA) is 26.3 Å². The number of ether oxygens (including phenoxy) is 1. The molecule has 0 aliphatic rings. The van der Waals surface area contributed by atoms with Gasteiger partial charge in [-0.25, -0.2) is 0 Å². The van der Waals surface area contributed by atoms with Crippen molar-refractivity contribution in [1.29, 1.82) is 0 Å². The van der Waals surface area contributed by atoms with Crippen LogP contribution in [0.2, 0.25) is 0 Å². The van der Waals surface area contributed by atoms with Crippen molar-refractivity contribution in [3.63, 3.8) is 0 Å². The Morgan fingerprint density at radius 3 is 1.41 bits per heavy atom. The summed E-state index contributed by atoms with van der Waals surface area (Å²) in [4.78, 5) is 12.4. The zero-order valence-electron chi connectivity index (χ0n) is 17.8. The summed E-state index contributed by atoms with van der Waals surface area (Å²) < 4.78 is 5.64. The second-order valence-electron chi connectivity index (χ2n) is 7.77. The van der Waals surface area contributed by atoms with E-state index in [1.807, 2.05) is 18.2 Å². The summed E-state index contributed by atoms with van der Waals surface area (Å²) in [5, 5.41) is 0.838. The van der Waals surface area contributed by atoms with Crippen molar-refractivity contribution < 1.29 is 9.53 Å². The van der Waals surface area contributed by atoms with Gasteiger partial charge in [0.2, 0.25) is 0 Å². The van der Waals surface area contributed by atoms with Gasteiger partial charge < -0.3 is 0 Å². The summed E-state index contributed by atoms with van der Waals surface area (Å²) in [6, 6.07) is 41.2. The van der Waals surface area contributed by atoms with E-state index in [0.29, 0.717) is 12.2 Å². The van der Waals surface area contributed by atoms with Gasteiger partial charge in [-0.2, -0.15) is 0 Å². The molecule has 0 atom stereocenters. The molecule has 4 aromatic carbocycles. The summed E-state index contributed by atoms with van der Waals surface area (Å²) in [6.07, 6.45) is 1.58. The molecule has 0 N–H and O–H groups in total. The molecule has 0 aliphatic carbocycles. The first-order valence-electron chi connectivity index (χ1n) is 10.7. The average Bonchev–Trinajstić information content (AvgIpc) is 2.88. The summed E-state index contributed by atoms with van der Waals surface area (Å²) in [6.45, 7) is 0.365. The number of esters is 1. The van der Waals surface area contributed by atoms with Crippen LogP contribution in [0.3, 0.4) is 0 Å². The van der Waals surface area contributed by atoms with Crippen LogP contribution in [0, 0.1) is 0 Å². The van der Waals surface area contributed by atoms with Gasteiger partial charge >= 0.3 is 198 Å². The van der Waals surface area contributed by atoms with E-state index in [9.17, 15) is 4.79 Å². The van der Waals surface area contributed by atoms with Crippen molar-refractivity contribution in [3.05, 3.63) is 127 Å². The Kier molecular flexibility index (Phi) is 6.89. The molecule has 0 fully saturated rings. The number of carbonyl (C=O) groups is 1. The molecule has 0 aromatic heterocycles. The Balaban J connectivity index is 1.70. The first-order valence-corrected chi connectivity index (χ1v) is 15.2. The number of hydrogen-bond donors (Lipinski definition) is 0. The molecule has 4 heteroatoms. The third kappa shape index (κ3) is 4.28. The van der Waals surface area contributed by atoms with Crippen LogP contribution in [0.5, 0.6) is 0 Å². The average molecular weight is 505 g/mol. The molecular formula is C28H26BrO2P. The van der Waals surface area contributed by atoms with Crippen LogP contribution >= 0.6 is 20.8 Å². The molecule has 4 aromatic rings.